The smallest absolute Gasteiger partial charge is 0.352 e. The molecule has 0 aliphatic heterocycles. The molecule has 4 heteroatoms. The average molecular weight is 286 g/mol. The highest BCUT2D eigenvalue weighted by Gasteiger charge is 2.22. The molecule has 0 radical (unpaired) electrons. The van der Waals surface area contributed by atoms with Gasteiger partial charge >= 0.3 is 5.97 Å². The second-order valence-electron chi connectivity index (χ2n) is 5.76. The molecule has 1 aromatic heterocycles. The molecule has 3 rings (SSSR count). The molecule has 1 aliphatic carbocycles. The third-order valence-corrected chi connectivity index (χ3v) is 4.52. The SMILES string of the molecule is CCn1c(C(=O)O)c(CNC2CCCC2)c2ccccc21. The minimum absolute atomic E-state index is 0.434. The van der Waals surface area contributed by atoms with Crippen molar-refractivity contribution in [1.82, 2.24) is 9.88 Å². The molecule has 2 aromatic rings. The lowest BCUT2D eigenvalue weighted by Gasteiger charge is -2.12. The van der Waals surface area contributed by atoms with E-state index in [2.05, 4.69) is 5.32 Å². The Bertz CT molecular complexity index is 654. The van der Waals surface area contributed by atoms with Gasteiger partial charge in [0, 0.05) is 35.6 Å². The van der Waals surface area contributed by atoms with Gasteiger partial charge in [0.05, 0.1) is 0 Å². The molecular weight excluding hydrogens is 264 g/mol. The summed E-state index contributed by atoms with van der Waals surface area (Å²) in [5, 5.41) is 14.2. The van der Waals surface area contributed by atoms with Crippen LogP contribution in [0.3, 0.4) is 0 Å². The third kappa shape index (κ3) is 2.56. The summed E-state index contributed by atoms with van der Waals surface area (Å²) in [6.07, 6.45) is 4.96. The van der Waals surface area contributed by atoms with Crippen LogP contribution in [0.5, 0.6) is 0 Å². The van der Waals surface area contributed by atoms with Crippen molar-refractivity contribution < 1.29 is 9.90 Å². The monoisotopic (exact) mass is 286 g/mol. The molecule has 0 unspecified atom stereocenters. The van der Waals surface area contributed by atoms with Crippen LogP contribution in [0.15, 0.2) is 24.3 Å². The summed E-state index contributed by atoms with van der Waals surface area (Å²) < 4.78 is 1.91. The number of aromatic carboxylic acids is 1. The van der Waals surface area contributed by atoms with Crippen LogP contribution in [0.4, 0.5) is 0 Å². The van der Waals surface area contributed by atoms with Crippen molar-refractivity contribution in [3.8, 4) is 0 Å². The molecule has 1 aromatic carbocycles. The fraction of sp³-hybridized carbons (Fsp3) is 0.471. The minimum atomic E-state index is -0.837. The maximum Gasteiger partial charge on any atom is 0.352 e. The Labute approximate surface area is 124 Å². The minimum Gasteiger partial charge on any atom is -0.477 e. The van der Waals surface area contributed by atoms with E-state index in [0.717, 1.165) is 16.5 Å². The lowest BCUT2D eigenvalue weighted by atomic mass is 10.1. The summed E-state index contributed by atoms with van der Waals surface area (Å²) in [4.78, 5) is 11.7. The number of para-hydroxylation sites is 1. The number of carboxylic acid groups (broad SMARTS) is 1. The highest BCUT2D eigenvalue weighted by atomic mass is 16.4. The van der Waals surface area contributed by atoms with Crippen molar-refractivity contribution in [3.05, 3.63) is 35.5 Å². The second-order valence-corrected chi connectivity index (χ2v) is 5.76. The van der Waals surface area contributed by atoms with E-state index in [1.54, 1.807) is 0 Å². The lowest BCUT2D eigenvalue weighted by Crippen LogP contribution is -2.26. The van der Waals surface area contributed by atoms with Crippen molar-refractivity contribution in [2.75, 3.05) is 0 Å². The molecule has 1 aliphatic rings. The molecular formula is C17H22N2O2. The molecule has 112 valence electrons. The van der Waals surface area contributed by atoms with Gasteiger partial charge < -0.3 is 15.0 Å². The summed E-state index contributed by atoms with van der Waals surface area (Å²) >= 11 is 0. The summed E-state index contributed by atoms with van der Waals surface area (Å²) in [5.74, 6) is -0.837. The lowest BCUT2D eigenvalue weighted by molar-refractivity contribution is 0.0684. The van der Waals surface area contributed by atoms with Crippen LogP contribution >= 0.6 is 0 Å². The van der Waals surface area contributed by atoms with Gasteiger partial charge in [0.1, 0.15) is 5.69 Å². The van der Waals surface area contributed by atoms with Gasteiger partial charge in [-0.15, -0.1) is 0 Å². The number of carbonyl (C=O) groups is 1. The van der Waals surface area contributed by atoms with Gasteiger partial charge in [0.2, 0.25) is 0 Å². The fourth-order valence-electron chi connectivity index (χ4n) is 3.50. The van der Waals surface area contributed by atoms with Crippen molar-refractivity contribution in [1.29, 1.82) is 0 Å². The van der Waals surface area contributed by atoms with Crippen molar-refractivity contribution in [2.45, 2.75) is 51.7 Å². The van der Waals surface area contributed by atoms with Crippen LogP contribution in [-0.4, -0.2) is 21.7 Å². The predicted molar refractivity (Wildman–Crippen MR) is 83.7 cm³/mol. The zero-order valence-corrected chi connectivity index (χ0v) is 12.4. The topological polar surface area (TPSA) is 54.3 Å². The molecule has 2 N–H and O–H groups in total. The number of hydrogen-bond donors (Lipinski definition) is 2. The molecule has 1 fully saturated rings. The highest BCUT2D eigenvalue weighted by molar-refractivity contribution is 5.98. The van der Waals surface area contributed by atoms with Gasteiger partial charge in [-0.3, -0.25) is 0 Å². The molecule has 1 saturated carbocycles. The summed E-state index contributed by atoms with van der Waals surface area (Å²) in [7, 11) is 0. The maximum absolute atomic E-state index is 11.7. The van der Waals surface area contributed by atoms with Gasteiger partial charge in [-0.1, -0.05) is 31.0 Å². The number of aromatic nitrogens is 1. The number of nitrogens with zero attached hydrogens (tertiary/aromatic N) is 1. The molecule has 4 nitrogen and oxygen atoms in total. The Kier molecular flexibility index (Phi) is 3.97. The Hall–Kier alpha value is -1.81. The van der Waals surface area contributed by atoms with Gasteiger partial charge in [-0.2, -0.15) is 0 Å². The normalized spacial score (nSPS) is 15.9. The fourth-order valence-corrected chi connectivity index (χ4v) is 3.50. The van der Waals surface area contributed by atoms with Crippen LogP contribution in [-0.2, 0) is 13.1 Å². The number of fused-ring (bicyclic) bond motifs is 1. The van der Waals surface area contributed by atoms with E-state index in [0.29, 0.717) is 24.8 Å². The zero-order valence-electron chi connectivity index (χ0n) is 12.4. The molecule has 0 amide bonds. The maximum atomic E-state index is 11.7. The van der Waals surface area contributed by atoms with Crippen molar-refractivity contribution in [2.24, 2.45) is 0 Å². The van der Waals surface area contributed by atoms with E-state index in [-0.39, 0.29) is 0 Å². The molecule has 0 bridgehead atoms. The number of aryl methyl sites for hydroxylation is 1. The Balaban J connectivity index is 2.01. The molecule has 0 saturated heterocycles. The average Bonchev–Trinajstić information content (AvgIpc) is 3.10. The van der Waals surface area contributed by atoms with Crippen molar-refractivity contribution >= 4 is 16.9 Å². The van der Waals surface area contributed by atoms with Crippen molar-refractivity contribution in [3.63, 3.8) is 0 Å². The Morgan fingerprint density at radius 1 is 1.33 bits per heavy atom. The van der Waals surface area contributed by atoms with E-state index < -0.39 is 5.97 Å². The highest BCUT2D eigenvalue weighted by Crippen LogP contribution is 2.27. The first-order valence-electron chi connectivity index (χ1n) is 7.79. The summed E-state index contributed by atoms with van der Waals surface area (Å²) in [6, 6.07) is 8.51. The first kappa shape index (κ1) is 14.1. The number of carboxylic acids is 1. The standard InChI is InChI=1S/C17H22N2O2/c1-2-19-15-10-6-5-9-13(15)14(16(19)17(20)21)11-18-12-7-3-4-8-12/h5-6,9-10,12,18H,2-4,7-8,11H2,1H3,(H,20,21). The second kappa shape index (κ2) is 5.90. The molecule has 0 atom stereocenters. The number of benzene rings is 1. The summed E-state index contributed by atoms with van der Waals surface area (Å²) in [5.41, 5.74) is 2.37. The number of rotatable bonds is 5. The first-order valence-corrected chi connectivity index (χ1v) is 7.79. The quantitative estimate of drug-likeness (QED) is 0.886. The van der Waals surface area contributed by atoms with Crippen LogP contribution in [0, 0.1) is 0 Å². The Morgan fingerprint density at radius 3 is 2.71 bits per heavy atom. The van der Waals surface area contributed by atoms with E-state index in [9.17, 15) is 9.90 Å². The van der Waals surface area contributed by atoms with E-state index in [1.807, 2.05) is 35.8 Å². The van der Waals surface area contributed by atoms with E-state index in [1.165, 1.54) is 25.7 Å². The van der Waals surface area contributed by atoms with E-state index in [4.69, 9.17) is 0 Å². The molecule has 0 spiro atoms. The van der Waals surface area contributed by atoms with E-state index >= 15 is 0 Å². The van der Waals surface area contributed by atoms with Gasteiger partial charge in [0.15, 0.2) is 0 Å². The number of hydrogen-bond acceptors (Lipinski definition) is 2. The van der Waals surface area contributed by atoms with Gasteiger partial charge in [0.25, 0.3) is 0 Å². The van der Waals surface area contributed by atoms with Crippen LogP contribution in [0.25, 0.3) is 10.9 Å². The Morgan fingerprint density at radius 2 is 2.05 bits per heavy atom. The van der Waals surface area contributed by atoms with Crippen LogP contribution in [0.1, 0.15) is 48.7 Å². The number of nitrogens with one attached hydrogen (secondary N) is 1. The first-order chi connectivity index (χ1) is 10.2. The van der Waals surface area contributed by atoms with Gasteiger partial charge in [-0.25, -0.2) is 4.79 Å². The van der Waals surface area contributed by atoms with Gasteiger partial charge in [-0.05, 0) is 25.8 Å². The van der Waals surface area contributed by atoms with Crippen LogP contribution in [0.2, 0.25) is 0 Å². The largest absolute Gasteiger partial charge is 0.477 e. The van der Waals surface area contributed by atoms with Crippen LogP contribution < -0.4 is 5.32 Å². The predicted octanol–water partition coefficient (Wildman–Crippen LogP) is 3.39. The summed E-state index contributed by atoms with van der Waals surface area (Å²) in [6.45, 7) is 3.30. The third-order valence-electron chi connectivity index (χ3n) is 4.52. The zero-order chi connectivity index (χ0) is 14.8. The molecule has 21 heavy (non-hydrogen) atoms. The molecule has 1 heterocycles.